The fourth-order valence-electron chi connectivity index (χ4n) is 1.73. The van der Waals surface area contributed by atoms with Gasteiger partial charge in [0.25, 0.3) is 5.91 Å². The molecule has 0 spiro atoms. The first-order valence-electron chi connectivity index (χ1n) is 5.79. The lowest BCUT2D eigenvalue weighted by Crippen LogP contribution is -2.30. The molecule has 4 nitrogen and oxygen atoms in total. The largest absolute Gasteiger partial charge is 0.497 e. The molecule has 0 aliphatic carbocycles. The maximum atomic E-state index is 12.4. The number of carbonyl (C=O) groups is 1. The van der Waals surface area contributed by atoms with Crippen molar-refractivity contribution in [3.63, 3.8) is 0 Å². The quantitative estimate of drug-likeness (QED) is 0.838. The van der Waals surface area contributed by atoms with E-state index in [4.69, 9.17) is 9.47 Å². The first kappa shape index (κ1) is 14.8. The summed E-state index contributed by atoms with van der Waals surface area (Å²) in [6, 6.07) is 3.47. The van der Waals surface area contributed by atoms with Gasteiger partial charge < -0.3 is 14.4 Å². The standard InChI is InChI=1S/C13H18BrNO3/c1-5-15(6-2)13(16)10-7-9(17-3)8-11(14)12(10)18-4/h7-8H,5-6H2,1-4H3. The van der Waals surface area contributed by atoms with Crippen molar-refractivity contribution in [3.05, 3.63) is 22.2 Å². The minimum absolute atomic E-state index is 0.0588. The Bertz CT molecular complexity index is 430. The Morgan fingerprint density at radius 1 is 1.22 bits per heavy atom. The number of hydrogen-bond acceptors (Lipinski definition) is 3. The lowest BCUT2D eigenvalue weighted by molar-refractivity contribution is 0.0769. The van der Waals surface area contributed by atoms with Crippen molar-refractivity contribution in [2.24, 2.45) is 0 Å². The average Bonchev–Trinajstić information content (AvgIpc) is 2.38. The van der Waals surface area contributed by atoms with Gasteiger partial charge in [-0.15, -0.1) is 0 Å². The zero-order valence-corrected chi connectivity index (χ0v) is 12.7. The molecule has 0 aliphatic rings. The fourth-order valence-corrected chi connectivity index (χ4v) is 2.33. The Hall–Kier alpha value is -1.23. The molecule has 1 rings (SSSR count). The maximum Gasteiger partial charge on any atom is 0.257 e. The monoisotopic (exact) mass is 315 g/mol. The molecule has 1 aromatic rings. The van der Waals surface area contributed by atoms with E-state index in [-0.39, 0.29) is 5.91 Å². The second-order valence-electron chi connectivity index (χ2n) is 3.67. The lowest BCUT2D eigenvalue weighted by Gasteiger charge is -2.21. The summed E-state index contributed by atoms with van der Waals surface area (Å²) in [5, 5.41) is 0. The topological polar surface area (TPSA) is 38.8 Å². The number of methoxy groups -OCH3 is 2. The molecule has 0 N–H and O–H groups in total. The highest BCUT2D eigenvalue weighted by Crippen LogP contribution is 2.34. The normalized spacial score (nSPS) is 10.1. The first-order valence-corrected chi connectivity index (χ1v) is 6.59. The van der Waals surface area contributed by atoms with Crippen LogP contribution in [0.4, 0.5) is 0 Å². The Kier molecular flexibility index (Phi) is 5.47. The van der Waals surface area contributed by atoms with Crippen LogP contribution < -0.4 is 9.47 Å². The number of rotatable bonds is 5. The second-order valence-corrected chi connectivity index (χ2v) is 4.52. The van der Waals surface area contributed by atoms with Gasteiger partial charge in [-0.05, 0) is 41.9 Å². The fraction of sp³-hybridized carbons (Fsp3) is 0.462. The van der Waals surface area contributed by atoms with E-state index in [1.807, 2.05) is 13.8 Å². The lowest BCUT2D eigenvalue weighted by atomic mass is 10.1. The van der Waals surface area contributed by atoms with Crippen LogP contribution in [0, 0.1) is 0 Å². The number of amides is 1. The molecule has 0 unspecified atom stereocenters. The van der Waals surface area contributed by atoms with Crippen LogP contribution in [-0.4, -0.2) is 38.1 Å². The highest BCUT2D eigenvalue weighted by molar-refractivity contribution is 9.10. The minimum Gasteiger partial charge on any atom is -0.497 e. The van der Waals surface area contributed by atoms with E-state index in [0.29, 0.717) is 34.6 Å². The molecule has 1 amide bonds. The summed E-state index contributed by atoms with van der Waals surface area (Å²) in [6.45, 7) is 5.22. The summed E-state index contributed by atoms with van der Waals surface area (Å²) in [4.78, 5) is 14.1. The molecule has 100 valence electrons. The van der Waals surface area contributed by atoms with Gasteiger partial charge >= 0.3 is 0 Å². The Balaban J connectivity index is 3.28. The van der Waals surface area contributed by atoms with Gasteiger partial charge in [-0.3, -0.25) is 4.79 Å². The van der Waals surface area contributed by atoms with Crippen LogP contribution in [0.25, 0.3) is 0 Å². The molecule has 0 saturated carbocycles. The highest BCUT2D eigenvalue weighted by Gasteiger charge is 2.20. The molecule has 0 fully saturated rings. The Labute approximate surface area is 116 Å². The summed E-state index contributed by atoms with van der Waals surface area (Å²) in [6.07, 6.45) is 0. The number of benzene rings is 1. The van der Waals surface area contributed by atoms with Crippen LogP contribution in [0.15, 0.2) is 16.6 Å². The molecule has 0 atom stereocenters. The average molecular weight is 316 g/mol. The van der Waals surface area contributed by atoms with E-state index in [1.165, 1.54) is 0 Å². The molecule has 0 heterocycles. The van der Waals surface area contributed by atoms with Crippen molar-refractivity contribution in [2.75, 3.05) is 27.3 Å². The van der Waals surface area contributed by atoms with Crippen LogP contribution >= 0.6 is 15.9 Å². The van der Waals surface area contributed by atoms with E-state index in [2.05, 4.69) is 15.9 Å². The van der Waals surface area contributed by atoms with Crippen molar-refractivity contribution in [1.29, 1.82) is 0 Å². The summed E-state index contributed by atoms with van der Waals surface area (Å²) in [5.74, 6) is 1.10. The number of hydrogen-bond donors (Lipinski definition) is 0. The smallest absolute Gasteiger partial charge is 0.257 e. The van der Waals surface area contributed by atoms with Gasteiger partial charge in [0.2, 0.25) is 0 Å². The summed E-state index contributed by atoms with van der Waals surface area (Å²) < 4.78 is 11.2. The summed E-state index contributed by atoms with van der Waals surface area (Å²) in [5.41, 5.74) is 0.507. The van der Waals surface area contributed by atoms with Crippen molar-refractivity contribution in [1.82, 2.24) is 4.90 Å². The van der Waals surface area contributed by atoms with Crippen molar-refractivity contribution < 1.29 is 14.3 Å². The molecule has 18 heavy (non-hydrogen) atoms. The SMILES string of the molecule is CCN(CC)C(=O)c1cc(OC)cc(Br)c1OC. The van der Waals surface area contributed by atoms with Crippen molar-refractivity contribution >= 4 is 21.8 Å². The predicted octanol–water partition coefficient (Wildman–Crippen LogP) is 2.95. The molecule has 0 radical (unpaired) electrons. The number of halogens is 1. The van der Waals surface area contributed by atoms with Gasteiger partial charge in [0, 0.05) is 13.1 Å². The number of nitrogens with zero attached hydrogens (tertiary/aromatic N) is 1. The maximum absolute atomic E-state index is 12.4. The summed E-state index contributed by atoms with van der Waals surface area (Å²) in [7, 11) is 3.12. The molecule has 1 aromatic carbocycles. The molecular formula is C13H18BrNO3. The third kappa shape index (κ3) is 2.96. The second kappa shape index (κ2) is 6.64. The van der Waals surface area contributed by atoms with E-state index in [0.717, 1.165) is 0 Å². The van der Waals surface area contributed by atoms with E-state index in [9.17, 15) is 4.79 Å². The zero-order valence-electron chi connectivity index (χ0n) is 11.1. The van der Waals surface area contributed by atoms with Crippen molar-refractivity contribution in [2.45, 2.75) is 13.8 Å². The highest BCUT2D eigenvalue weighted by atomic mass is 79.9. The van der Waals surface area contributed by atoms with E-state index >= 15 is 0 Å². The van der Waals surface area contributed by atoms with Gasteiger partial charge in [0.1, 0.15) is 11.5 Å². The predicted molar refractivity (Wildman–Crippen MR) is 74.5 cm³/mol. The van der Waals surface area contributed by atoms with Gasteiger partial charge in [-0.2, -0.15) is 0 Å². The zero-order chi connectivity index (χ0) is 13.7. The first-order chi connectivity index (χ1) is 8.58. The Morgan fingerprint density at radius 2 is 1.83 bits per heavy atom. The third-order valence-corrected chi connectivity index (χ3v) is 3.33. The molecular weight excluding hydrogens is 298 g/mol. The molecule has 5 heteroatoms. The Morgan fingerprint density at radius 3 is 2.28 bits per heavy atom. The number of carbonyl (C=O) groups excluding carboxylic acids is 1. The van der Waals surface area contributed by atoms with Gasteiger partial charge in [-0.25, -0.2) is 0 Å². The summed E-state index contributed by atoms with van der Waals surface area (Å²) >= 11 is 3.38. The molecule has 0 aromatic heterocycles. The van der Waals surface area contributed by atoms with Crippen LogP contribution in [0.2, 0.25) is 0 Å². The van der Waals surface area contributed by atoms with Gasteiger partial charge in [0.05, 0.1) is 24.3 Å². The van der Waals surface area contributed by atoms with Crippen LogP contribution in [-0.2, 0) is 0 Å². The molecule has 0 bridgehead atoms. The van der Waals surface area contributed by atoms with E-state index < -0.39 is 0 Å². The minimum atomic E-state index is -0.0588. The molecule has 0 aliphatic heterocycles. The van der Waals surface area contributed by atoms with Gasteiger partial charge in [0.15, 0.2) is 0 Å². The van der Waals surface area contributed by atoms with Crippen LogP contribution in [0.3, 0.4) is 0 Å². The molecule has 0 saturated heterocycles. The van der Waals surface area contributed by atoms with Gasteiger partial charge in [-0.1, -0.05) is 0 Å². The van der Waals surface area contributed by atoms with Crippen LogP contribution in [0.5, 0.6) is 11.5 Å². The third-order valence-electron chi connectivity index (χ3n) is 2.74. The number of ether oxygens (including phenoxy) is 2. The van der Waals surface area contributed by atoms with E-state index in [1.54, 1.807) is 31.3 Å². The van der Waals surface area contributed by atoms with Crippen LogP contribution in [0.1, 0.15) is 24.2 Å². The van der Waals surface area contributed by atoms with Crippen molar-refractivity contribution in [3.8, 4) is 11.5 Å².